The van der Waals surface area contributed by atoms with Gasteiger partial charge in [-0.05, 0) is 24.3 Å². The van der Waals surface area contributed by atoms with Crippen molar-refractivity contribution in [2.45, 2.75) is 13.0 Å². The predicted molar refractivity (Wildman–Crippen MR) is 74.9 cm³/mol. The second-order valence-electron chi connectivity index (χ2n) is 4.04. The smallest absolute Gasteiger partial charge is 0.273 e. The number of hydrogen-bond acceptors (Lipinski definition) is 4. The highest BCUT2D eigenvalue weighted by Crippen LogP contribution is 2.22. The summed E-state index contributed by atoms with van der Waals surface area (Å²) in [5, 5.41) is 14.1. The number of rotatable bonds is 6. The highest BCUT2D eigenvalue weighted by atomic mass is 79.9. The van der Waals surface area contributed by atoms with Gasteiger partial charge in [0.15, 0.2) is 0 Å². The van der Waals surface area contributed by atoms with Crippen molar-refractivity contribution in [2.24, 2.45) is 0 Å². The standard InChI is InChI=1S/C13H13BrN2O3/c14-11-3-4-13(16(17)18)10(8-11)9-15-6-5-12-2-1-7-19-12/h1-4,7-8,15H,5-6,9H2. The molecule has 1 aromatic carbocycles. The quantitative estimate of drug-likeness (QED) is 0.503. The summed E-state index contributed by atoms with van der Waals surface area (Å²) in [6, 6.07) is 8.69. The molecule has 19 heavy (non-hydrogen) atoms. The molecule has 2 rings (SSSR count). The molecule has 0 aliphatic carbocycles. The monoisotopic (exact) mass is 324 g/mol. The molecule has 0 saturated carbocycles. The molecule has 1 N–H and O–H groups in total. The molecule has 0 spiro atoms. The van der Waals surface area contributed by atoms with E-state index in [4.69, 9.17) is 4.42 Å². The summed E-state index contributed by atoms with van der Waals surface area (Å²) in [6.45, 7) is 1.16. The van der Waals surface area contributed by atoms with E-state index >= 15 is 0 Å². The minimum atomic E-state index is -0.365. The van der Waals surface area contributed by atoms with Crippen molar-refractivity contribution >= 4 is 21.6 Å². The molecular formula is C13H13BrN2O3. The third-order valence-electron chi connectivity index (χ3n) is 2.68. The molecule has 0 aliphatic rings. The Balaban J connectivity index is 1.91. The van der Waals surface area contributed by atoms with Crippen LogP contribution in [0.25, 0.3) is 0 Å². The fourth-order valence-corrected chi connectivity index (χ4v) is 2.17. The van der Waals surface area contributed by atoms with Gasteiger partial charge in [-0.25, -0.2) is 0 Å². The Labute approximate surface area is 118 Å². The average Bonchev–Trinajstić information content (AvgIpc) is 2.87. The van der Waals surface area contributed by atoms with E-state index in [1.54, 1.807) is 18.4 Å². The van der Waals surface area contributed by atoms with Crippen LogP contribution in [0.15, 0.2) is 45.5 Å². The van der Waals surface area contributed by atoms with Crippen LogP contribution in [0.5, 0.6) is 0 Å². The molecule has 100 valence electrons. The zero-order valence-corrected chi connectivity index (χ0v) is 11.7. The molecule has 1 heterocycles. The van der Waals surface area contributed by atoms with Gasteiger partial charge in [-0.2, -0.15) is 0 Å². The first-order valence-electron chi connectivity index (χ1n) is 5.83. The van der Waals surface area contributed by atoms with E-state index in [9.17, 15) is 10.1 Å². The summed E-state index contributed by atoms with van der Waals surface area (Å²) in [5.74, 6) is 0.899. The molecule has 1 aromatic heterocycles. The Kier molecular flexibility index (Phi) is 4.70. The molecule has 2 aromatic rings. The highest BCUT2D eigenvalue weighted by Gasteiger charge is 2.13. The van der Waals surface area contributed by atoms with E-state index in [2.05, 4.69) is 21.2 Å². The van der Waals surface area contributed by atoms with E-state index in [0.717, 1.165) is 16.7 Å². The summed E-state index contributed by atoms with van der Waals surface area (Å²) in [7, 11) is 0. The van der Waals surface area contributed by atoms with Gasteiger partial charge < -0.3 is 9.73 Å². The number of furan rings is 1. The lowest BCUT2D eigenvalue weighted by atomic mass is 10.2. The average molecular weight is 325 g/mol. The summed E-state index contributed by atoms with van der Waals surface area (Å²) < 4.78 is 6.05. The molecule has 0 amide bonds. The first-order chi connectivity index (χ1) is 9.16. The molecule has 6 heteroatoms. The lowest BCUT2D eigenvalue weighted by Crippen LogP contribution is -2.17. The fraction of sp³-hybridized carbons (Fsp3) is 0.231. The third-order valence-corrected chi connectivity index (χ3v) is 3.18. The Morgan fingerprint density at radius 1 is 1.37 bits per heavy atom. The minimum Gasteiger partial charge on any atom is -0.469 e. The van der Waals surface area contributed by atoms with Gasteiger partial charge in [0.05, 0.1) is 11.2 Å². The second kappa shape index (κ2) is 6.49. The van der Waals surface area contributed by atoms with Crippen molar-refractivity contribution in [2.75, 3.05) is 6.54 Å². The van der Waals surface area contributed by atoms with Crippen LogP contribution < -0.4 is 5.32 Å². The third kappa shape index (κ3) is 3.90. The number of hydrogen-bond donors (Lipinski definition) is 1. The van der Waals surface area contributed by atoms with Gasteiger partial charge in [0, 0.05) is 35.6 Å². The van der Waals surface area contributed by atoms with E-state index in [1.165, 1.54) is 6.07 Å². The number of nitrogens with zero attached hydrogens (tertiary/aromatic N) is 1. The van der Waals surface area contributed by atoms with Crippen LogP contribution >= 0.6 is 15.9 Å². The van der Waals surface area contributed by atoms with Gasteiger partial charge in [0.25, 0.3) is 5.69 Å². The molecule has 0 aliphatic heterocycles. The topological polar surface area (TPSA) is 68.3 Å². The fourth-order valence-electron chi connectivity index (χ4n) is 1.76. The largest absolute Gasteiger partial charge is 0.469 e. The van der Waals surface area contributed by atoms with Crippen molar-refractivity contribution in [1.29, 1.82) is 0 Å². The van der Waals surface area contributed by atoms with E-state index < -0.39 is 0 Å². The number of nitro benzene ring substituents is 1. The number of nitro groups is 1. The molecule has 0 bridgehead atoms. The van der Waals surface area contributed by atoms with Crippen molar-refractivity contribution in [3.05, 3.63) is 62.5 Å². The molecule has 0 unspecified atom stereocenters. The number of nitrogens with one attached hydrogen (secondary N) is 1. The van der Waals surface area contributed by atoms with Gasteiger partial charge >= 0.3 is 0 Å². The molecule has 0 atom stereocenters. The molecule has 0 fully saturated rings. The first kappa shape index (κ1) is 13.8. The van der Waals surface area contributed by atoms with Gasteiger partial charge in [-0.3, -0.25) is 10.1 Å². The normalized spacial score (nSPS) is 10.6. The Bertz CT molecular complexity index is 555. The van der Waals surface area contributed by atoms with Crippen LogP contribution in [0.2, 0.25) is 0 Å². The molecule has 0 saturated heterocycles. The highest BCUT2D eigenvalue weighted by molar-refractivity contribution is 9.10. The summed E-state index contributed by atoms with van der Waals surface area (Å²) in [6.07, 6.45) is 2.39. The van der Waals surface area contributed by atoms with Crippen LogP contribution in [0, 0.1) is 10.1 Å². The summed E-state index contributed by atoms with van der Waals surface area (Å²) in [4.78, 5) is 10.5. The minimum absolute atomic E-state index is 0.133. The van der Waals surface area contributed by atoms with Crippen molar-refractivity contribution in [3.63, 3.8) is 0 Å². The van der Waals surface area contributed by atoms with Crippen LogP contribution in [0.4, 0.5) is 5.69 Å². The maximum Gasteiger partial charge on any atom is 0.273 e. The Hall–Kier alpha value is -1.66. The van der Waals surface area contributed by atoms with Crippen molar-refractivity contribution in [3.8, 4) is 0 Å². The zero-order valence-electron chi connectivity index (χ0n) is 10.1. The molecule has 0 radical (unpaired) electrons. The molecular weight excluding hydrogens is 312 g/mol. The molecule has 5 nitrogen and oxygen atoms in total. The van der Waals surface area contributed by atoms with Gasteiger partial charge in [-0.1, -0.05) is 15.9 Å². The van der Waals surface area contributed by atoms with Gasteiger partial charge in [-0.15, -0.1) is 0 Å². The summed E-state index contributed by atoms with van der Waals surface area (Å²) in [5.41, 5.74) is 0.799. The summed E-state index contributed by atoms with van der Waals surface area (Å²) >= 11 is 3.32. The Morgan fingerprint density at radius 3 is 2.89 bits per heavy atom. The van der Waals surface area contributed by atoms with E-state index in [-0.39, 0.29) is 10.6 Å². The van der Waals surface area contributed by atoms with Gasteiger partial charge in [0.1, 0.15) is 5.76 Å². The lowest BCUT2D eigenvalue weighted by Gasteiger charge is -2.05. The van der Waals surface area contributed by atoms with Crippen molar-refractivity contribution in [1.82, 2.24) is 5.32 Å². The van der Waals surface area contributed by atoms with Crippen LogP contribution in [0.3, 0.4) is 0 Å². The number of benzene rings is 1. The van der Waals surface area contributed by atoms with E-state index in [0.29, 0.717) is 18.7 Å². The SMILES string of the molecule is O=[N+]([O-])c1ccc(Br)cc1CNCCc1ccco1. The van der Waals surface area contributed by atoms with Gasteiger partial charge in [0.2, 0.25) is 0 Å². The van der Waals surface area contributed by atoms with E-state index in [1.807, 2.05) is 12.1 Å². The zero-order chi connectivity index (χ0) is 13.7. The van der Waals surface area contributed by atoms with Crippen molar-refractivity contribution < 1.29 is 9.34 Å². The number of halogens is 1. The lowest BCUT2D eigenvalue weighted by molar-refractivity contribution is -0.385. The van der Waals surface area contributed by atoms with Crippen LogP contribution in [-0.2, 0) is 13.0 Å². The Morgan fingerprint density at radius 2 is 2.21 bits per heavy atom. The van der Waals surface area contributed by atoms with Crippen LogP contribution in [0.1, 0.15) is 11.3 Å². The van der Waals surface area contributed by atoms with Crippen LogP contribution in [-0.4, -0.2) is 11.5 Å². The first-order valence-corrected chi connectivity index (χ1v) is 6.62. The maximum absolute atomic E-state index is 10.9. The second-order valence-corrected chi connectivity index (χ2v) is 4.95. The maximum atomic E-state index is 10.9. The predicted octanol–water partition coefficient (Wildman–Crippen LogP) is 3.28.